The van der Waals surface area contributed by atoms with Gasteiger partial charge in [-0.3, -0.25) is 4.79 Å². The van der Waals surface area contributed by atoms with E-state index < -0.39 is 0 Å². The average molecular weight is 346 g/mol. The van der Waals surface area contributed by atoms with Crippen molar-refractivity contribution in [2.24, 2.45) is 0 Å². The van der Waals surface area contributed by atoms with Crippen LogP contribution < -0.4 is 15.2 Å². The van der Waals surface area contributed by atoms with E-state index in [2.05, 4.69) is 9.97 Å². The molecule has 0 saturated carbocycles. The Bertz CT molecular complexity index is 980. The molecule has 26 heavy (non-hydrogen) atoms. The van der Waals surface area contributed by atoms with Crippen LogP contribution in [0.1, 0.15) is 22.8 Å². The summed E-state index contributed by atoms with van der Waals surface area (Å²) in [5, 5.41) is 9.28. The van der Waals surface area contributed by atoms with Crippen molar-refractivity contribution in [3.05, 3.63) is 65.7 Å². The van der Waals surface area contributed by atoms with Crippen molar-refractivity contribution in [2.45, 2.75) is 6.92 Å². The zero-order valence-corrected chi connectivity index (χ0v) is 13.8. The van der Waals surface area contributed by atoms with E-state index in [4.69, 9.17) is 15.2 Å². The Labute approximate surface area is 149 Å². The van der Waals surface area contributed by atoms with Gasteiger partial charge in [-0.2, -0.15) is 15.2 Å². The van der Waals surface area contributed by atoms with Crippen LogP contribution in [-0.4, -0.2) is 15.8 Å². The maximum Gasteiger partial charge on any atom is 0.327 e. The number of benzene rings is 2. The van der Waals surface area contributed by atoms with Gasteiger partial charge in [-0.1, -0.05) is 18.2 Å². The van der Waals surface area contributed by atoms with Crippen LogP contribution in [0.5, 0.6) is 23.4 Å². The number of ether oxygens (including phenoxy) is 2. The number of hydrogen-bond acceptors (Lipinski definition) is 7. The first-order chi connectivity index (χ1) is 12.6. The van der Waals surface area contributed by atoms with Crippen LogP contribution >= 0.6 is 0 Å². The molecule has 0 saturated heterocycles. The van der Waals surface area contributed by atoms with Gasteiger partial charge in [0.1, 0.15) is 17.6 Å². The van der Waals surface area contributed by atoms with E-state index in [0.717, 1.165) is 0 Å². The molecule has 128 valence electrons. The second kappa shape index (κ2) is 7.32. The molecule has 3 rings (SSSR count). The molecule has 0 bridgehead atoms. The fourth-order valence-electron chi connectivity index (χ4n) is 2.12. The Balaban J connectivity index is 1.90. The van der Waals surface area contributed by atoms with E-state index in [1.807, 2.05) is 12.1 Å². The minimum atomic E-state index is -0.0667. The third-order valence-corrected chi connectivity index (χ3v) is 3.42. The number of hydrogen-bond donors (Lipinski definition) is 1. The fraction of sp³-hybridized carbons (Fsp3) is 0.0526. The van der Waals surface area contributed by atoms with Crippen molar-refractivity contribution in [1.82, 2.24) is 9.97 Å². The van der Waals surface area contributed by atoms with Gasteiger partial charge in [0.15, 0.2) is 17.2 Å². The van der Waals surface area contributed by atoms with Gasteiger partial charge in [0.05, 0.1) is 0 Å². The van der Waals surface area contributed by atoms with Crippen LogP contribution in [0, 0.1) is 11.3 Å². The van der Waals surface area contributed by atoms with Crippen molar-refractivity contribution in [3.63, 3.8) is 0 Å². The Kier molecular flexibility index (Phi) is 4.76. The molecule has 7 nitrogen and oxygen atoms in total. The standard InChI is InChI=1S/C19H14N4O3/c1-12(24)13-7-9-15(10-8-13)26-19-22-17(21)16(11-20)18(23-19)25-14-5-3-2-4-6-14/h2-10H,1H3,(H2,21,22,23). The summed E-state index contributed by atoms with van der Waals surface area (Å²) in [5.74, 6) is 0.822. The Morgan fingerprint density at radius 3 is 2.27 bits per heavy atom. The first-order valence-corrected chi connectivity index (χ1v) is 7.66. The van der Waals surface area contributed by atoms with Gasteiger partial charge in [-0.15, -0.1) is 0 Å². The van der Waals surface area contributed by atoms with Gasteiger partial charge in [0, 0.05) is 5.56 Å². The van der Waals surface area contributed by atoms with Crippen LogP contribution in [0.2, 0.25) is 0 Å². The number of anilines is 1. The molecular weight excluding hydrogens is 332 g/mol. The minimum absolute atomic E-state index is 0.00144. The Morgan fingerprint density at radius 1 is 1.00 bits per heavy atom. The van der Waals surface area contributed by atoms with Crippen molar-refractivity contribution < 1.29 is 14.3 Å². The van der Waals surface area contributed by atoms with Crippen LogP contribution in [-0.2, 0) is 0 Å². The topological polar surface area (TPSA) is 111 Å². The SMILES string of the molecule is CC(=O)c1ccc(Oc2nc(N)c(C#N)c(Oc3ccccc3)n2)cc1. The highest BCUT2D eigenvalue weighted by Gasteiger charge is 2.16. The lowest BCUT2D eigenvalue weighted by Gasteiger charge is -2.10. The number of nitrogen functional groups attached to an aromatic ring is 1. The Morgan fingerprint density at radius 2 is 1.65 bits per heavy atom. The fourth-order valence-corrected chi connectivity index (χ4v) is 2.12. The molecule has 0 amide bonds. The van der Waals surface area contributed by atoms with Gasteiger partial charge >= 0.3 is 6.01 Å². The number of para-hydroxylation sites is 1. The summed E-state index contributed by atoms with van der Waals surface area (Å²) in [5.41, 5.74) is 6.41. The second-order valence-electron chi connectivity index (χ2n) is 5.28. The monoisotopic (exact) mass is 346 g/mol. The molecule has 0 radical (unpaired) electrons. The van der Waals surface area contributed by atoms with Gasteiger partial charge < -0.3 is 15.2 Å². The van der Waals surface area contributed by atoms with E-state index in [1.54, 1.807) is 48.5 Å². The number of nitrogens with two attached hydrogens (primary N) is 1. The third kappa shape index (κ3) is 3.76. The molecule has 1 heterocycles. The van der Waals surface area contributed by atoms with Crippen LogP contribution in [0.15, 0.2) is 54.6 Å². The number of nitrogens with zero attached hydrogens (tertiary/aromatic N) is 3. The Hall–Kier alpha value is -3.92. The molecule has 1 aromatic heterocycles. The average Bonchev–Trinajstić information content (AvgIpc) is 2.63. The summed E-state index contributed by atoms with van der Waals surface area (Å²) >= 11 is 0. The van der Waals surface area contributed by atoms with E-state index in [9.17, 15) is 10.1 Å². The normalized spacial score (nSPS) is 10.0. The van der Waals surface area contributed by atoms with Gasteiger partial charge in [0.2, 0.25) is 5.88 Å². The van der Waals surface area contributed by atoms with Crippen molar-refractivity contribution >= 4 is 11.6 Å². The summed E-state index contributed by atoms with van der Waals surface area (Å²) in [6, 6.07) is 17.2. The summed E-state index contributed by atoms with van der Waals surface area (Å²) < 4.78 is 11.2. The van der Waals surface area contributed by atoms with E-state index in [0.29, 0.717) is 17.1 Å². The van der Waals surface area contributed by atoms with Crippen molar-refractivity contribution in [1.29, 1.82) is 5.26 Å². The molecule has 0 fully saturated rings. The zero-order valence-electron chi connectivity index (χ0n) is 13.8. The molecule has 3 aromatic rings. The highest BCUT2D eigenvalue weighted by atomic mass is 16.5. The van der Waals surface area contributed by atoms with Gasteiger partial charge in [0.25, 0.3) is 0 Å². The van der Waals surface area contributed by atoms with Crippen molar-refractivity contribution in [2.75, 3.05) is 5.73 Å². The largest absolute Gasteiger partial charge is 0.437 e. The maximum absolute atomic E-state index is 11.3. The number of carbonyl (C=O) groups is 1. The lowest BCUT2D eigenvalue weighted by Crippen LogP contribution is -2.03. The molecule has 7 heteroatoms. The van der Waals surface area contributed by atoms with Crippen LogP contribution in [0.3, 0.4) is 0 Å². The number of aromatic nitrogens is 2. The number of rotatable bonds is 5. The molecule has 2 N–H and O–H groups in total. The van der Waals surface area contributed by atoms with Gasteiger partial charge in [-0.05, 0) is 43.3 Å². The summed E-state index contributed by atoms with van der Waals surface area (Å²) in [4.78, 5) is 19.4. The predicted molar refractivity (Wildman–Crippen MR) is 94.2 cm³/mol. The molecule has 0 spiro atoms. The van der Waals surface area contributed by atoms with E-state index in [1.165, 1.54) is 6.92 Å². The first-order valence-electron chi connectivity index (χ1n) is 7.66. The molecule has 0 atom stereocenters. The molecule has 0 aliphatic rings. The minimum Gasteiger partial charge on any atom is -0.437 e. The smallest absolute Gasteiger partial charge is 0.327 e. The van der Waals surface area contributed by atoms with Crippen molar-refractivity contribution in [3.8, 4) is 29.5 Å². The summed E-state index contributed by atoms with van der Waals surface area (Å²) in [6.07, 6.45) is 0. The summed E-state index contributed by atoms with van der Waals surface area (Å²) in [6.45, 7) is 1.48. The molecule has 0 aliphatic carbocycles. The highest BCUT2D eigenvalue weighted by Crippen LogP contribution is 2.29. The van der Waals surface area contributed by atoms with E-state index >= 15 is 0 Å². The third-order valence-electron chi connectivity index (χ3n) is 3.42. The quantitative estimate of drug-likeness (QED) is 0.701. The summed E-state index contributed by atoms with van der Waals surface area (Å²) in [7, 11) is 0. The molecule has 2 aromatic carbocycles. The molecule has 0 unspecified atom stereocenters. The number of ketones is 1. The number of carbonyl (C=O) groups excluding carboxylic acids is 1. The number of Topliss-reactive ketones (excluding diaryl/α,β-unsaturated/α-hetero) is 1. The van der Waals surface area contributed by atoms with Crippen LogP contribution in [0.4, 0.5) is 5.82 Å². The highest BCUT2D eigenvalue weighted by molar-refractivity contribution is 5.94. The predicted octanol–water partition coefficient (Wildman–Crippen LogP) is 3.72. The lowest BCUT2D eigenvalue weighted by molar-refractivity contribution is 0.101. The maximum atomic E-state index is 11.3. The first kappa shape index (κ1) is 16.9. The van der Waals surface area contributed by atoms with Gasteiger partial charge in [-0.25, -0.2) is 0 Å². The number of nitriles is 1. The zero-order chi connectivity index (χ0) is 18.5. The lowest BCUT2D eigenvalue weighted by atomic mass is 10.1. The van der Waals surface area contributed by atoms with Crippen LogP contribution in [0.25, 0.3) is 0 Å². The second-order valence-corrected chi connectivity index (χ2v) is 5.28. The molecular formula is C19H14N4O3. The van der Waals surface area contributed by atoms with E-state index in [-0.39, 0.29) is 29.1 Å². The molecule has 0 aliphatic heterocycles.